The van der Waals surface area contributed by atoms with Crippen molar-refractivity contribution in [3.63, 3.8) is 0 Å². The fourth-order valence-corrected chi connectivity index (χ4v) is 7.13. The molecule has 1 N–H and O–H groups in total. The molecule has 0 aromatic heterocycles. The standard InChI is InChI=1S/C27H28N4O5/c32-21-8-4-14-29(21)31-26(35)18-11-9-16-22-17(10-12-19(23(18)22)27(31)36)25(34)30(24(16)33)28-13-3-6-15-5-1-2-7-20(15)28/h9-12,15,20-21,32H,1-8,13-14H2. The Hall–Kier alpha value is -3.14. The number of rotatable bonds is 2. The second-order valence-corrected chi connectivity index (χ2v) is 10.6. The van der Waals surface area contributed by atoms with E-state index in [0.29, 0.717) is 53.7 Å². The Balaban J connectivity index is 1.34. The highest BCUT2D eigenvalue weighted by Gasteiger charge is 2.46. The van der Waals surface area contributed by atoms with Gasteiger partial charge in [0.25, 0.3) is 23.6 Å². The lowest BCUT2D eigenvalue weighted by Crippen LogP contribution is -2.60. The molecule has 4 aliphatic heterocycles. The molecule has 3 unspecified atom stereocenters. The van der Waals surface area contributed by atoms with Crippen molar-refractivity contribution in [3.05, 3.63) is 46.5 Å². The van der Waals surface area contributed by atoms with Crippen LogP contribution in [0.2, 0.25) is 0 Å². The van der Waals surface area contributed by atoms with Crippen molar-refractivity contribution in [2.45, 2.75) is 63.6 Å². The summed E-state index contributed by atoms with van der Waals surface area (Å²) in [4.78, 5) is 54.6. The Bertz CT molecular complexity index is 1280. The Labute approximate surface area is 208 Å². The summed E-state index contributed by atoms with van der Waals surface area (Å²) in [5, 5.41) is 16.8. The molecule has 0 spiro atoms. The van der Waals surface area contributed by atoms with Crippen molar-refractivity contribution >= 4 is 34.4 Å². The van der Waals surface area contributed by atoms with Crippen molar-refractivity contribution in [3.8, 4) is 0 Å². The van der Waals surface area contributed by atoms with E-state index in [1.165, 1.54) is 16.4 Å². The van der Waals surface area contributed by atoms with Crippen LogP contribution >= 0.6 is 0 Å². The summed E-state index contributed by atoms with van der Waals surface area (Å²) < 4.78 is 0. The molecular formula is C27H28N4O5. The molecule has 7 rings (SSSR count). The summed E-state index contributed by atoms with van der Waals surface area (Å²) in [6.07, 6.45) is 6.72. The molecule has 3 fully saturated rings. The van der Waals surface area contributed by atoms with Crippen LogP contribution in [0.3, 0.4) is 0 Å². The monoisotopic (exact) mass is 488 g/mol. The lowest BCUT2D eigenvalue weighted by Gasteiger charge is -2.48. The zero-order valence-corrected chi connectivity index (χ0v) is 20.0. The van der Waals surface area contributed by atoms with Crippen molar-refractivity contribution in [1.82, 2.24) is 20.0 Å². The molecule has 2 aromatic carbocycles. The van der Waals surface area contributed by atoms with Crippen LogP contribution in [0.4, 0.5) is 0 Å². The van der Waals surface area contributed by atoms with E-state index in [2.05, 4.69) is 0 Å². The number of imide groups is 2. The zero-order chi connectivity index (χ0) is 24.7. The average molecular weight is 489 g/mol. The first-order valence-corrected chi connectivity index (χ1v) is 13.1. The van der Waals surface area contributed by atoms with Crippen molar-refractivity contribution < 1.29 is 24.3 Å². The summed E-state index contributed by atoms with van der Waals surface area (Å²) >= 11 is 0. The molecule has 0 radical (unpaired) electrons. The van der Waals surface area contributed by atoms with Crippen molar-refractivity contribution in [2.75, 3.05) is 13.1 Å². The van der Waals surface area contributed by atoms with E-state index in [1.807, 2.05) is 5.01 Å². The molecule has 186 valence electrons. The summed E-state index contributed by atoms with van der Waals surface area (Å²) in [5.41, 5.74) is 1.23. The fourth-order valence-electron chi connectivity index (χ4n) is 7.13. The predicted octanol–water partition coefficient (Wildman–Crippen LogP) is 2.93. The van der Waals surface area contributed by atoms with Gasteiger partial charge in [0.15, 0.2) is 0 Å². The number of carbonyl (C=O) groups excluding carboxylic acids is 4. The van der Waals surface area contributed by atoms with Gasteiger partial charge < -0.3 is 5.11 Å². The average Bonchev–Trinajstić information content (AvgIpc) is 3.31. The van der Waals surface area contributed by atoms with Crippen LogP contribution < -0.4 is 0 Å². The van der Waals surface area contributed by atoms with Gasteiger partial charge in [0.2, 0.25) is 0 Å². The molecule has 9 nitrogen and oxygen atoms in total. The highest BCUT2D eigenvalue weighted by molar-refractivity contribution is 6.33. The number of amides is 4. The van der Waals surface area contributed by atoms with Gasteiger partial charge in [-0.25, -0.2) is 10.0 Å². The van der Waals surface area contributed by atoms with Crippen molar-refractivity contribution in [2.24, 2.45) is 5.92 Å². The number of aliphatic hydroxyl groups excluding tert-OH is 1. The van der Waals surface area contributed by atoms with Crippen LogP contribution in [0.1, 0.15) is 92.8 Å². The maximum atomic E-state index is 13.8. The maximum absolute atomic E-state index is 13.8. The van der Waals surface area contributed by atoms with Gasteiger partial charge >= 0.3 is 0 Å². The zero-order valence-electron chi connectivity index (χ0n) is 20.0. The Morgan fingerprint density at radius 1 is 0.583 bits per heavy atom. The van der Waals surface area contributed by atoms with Crippen LogP contribution in [0.25, 0.3) is 10.8 Å². The number of aliphatic hydroxyl groups is 1. The molecular weight excluding hydrogens is 460 g/mol. The predicted molar refractivity (Wildman–Crippen MR) is 129 cm³/mol. The fraction of sp³-hybridized carbons (Fsp3) is 0.481. The number of nitrogens with zero attached hydrogens (tertiary/aromatic N) is 4. The van der Waals surface area contributed by atoms with E-state index in [-0.39, 0.29) is 29.0 Å². The van der Waals surface area contributed by atoms with Gasteiger partial charge in [-0.05, 0) is 68.7 Å². The van der Waals surface area contributed by atoms with Gasteiger partial charge in [-0.3, -0.25) is 19.2 Å². The molecule has 2 aromatic rings. The second-order valence-electron chi connectivity index (χ2n) is 10.6. The van der Waals surface area contributed by atoms with E-state index in [1.54, 1.807) is 24.3 Å². The quantitative estimate of drug-likeness (QED) is 0.649. The molecule has 4 heterocycles. The molecule has 9 heteroatoms. The van der Waals surface area contributed by atoms with Gasteiger partial charge in [0, 0.05) is 29.9 Å². The highest BCUT2D eigenvalue weighted by atomic mass is 16.3. The van der Waals surface area contributed by atoms with Crippen LogP contribution in [0.5, 0.6) is 0 Å². The summed E-state index contributed by atoms with van der Waals surface area (Å²) in [7, 11) is 0. The minimum atomic E-state index is -0.905. The minimum absolute atomic E-state index is 0.179. The van der Waals surface area contributed by atoms with Crippen molar-refractivity contribution in [1.29, 1.82) is 0 Å². The van der Waals surface area contributed by atoms with Crippen LogP contribution in [-0.4, -0.2) is 74.1 Å². The van der Waals surface area contributed by atoms with E-state index >= 15 is 0 Å². The second kappa shape index (κ2) is 7.93. The van der Waals surface area contributed by atoms with Crippen LogP contribution in [0, 0.1) is 5.92 Å². The lowest BCUT2D eigenvalue weighted by atomic mass is 9.79. The largest absolute Gasteiger partial charge is 0.377 e. The first-order chi connectivity index (χ1) is 17.5. The van der Waals surface area contributed by atoms with Crippen LogP contribution in [-0.2, 0) is 0 Å². The molecule has 36 heavy (non-hydrogen) atoms. The first-order valence-electron chi connectivity index (χ1n) is 13.1. The Morgan fingerprint density at radius 2 is 1.03 bits per heavy atom. The van der Waals surface area contributed by atoms with E-state index in [4.69, 9.17) is 0 Å². The van der Waals surface area contributed by atoms with Gasteiger partial charge in [-0.1, -0.05) is 12.8 Å². The third-order valence-electron chi connectivity index (χ3n) is 8.77. The number of carbonyl (C=O) groups is 4. The van der Waals surface area contributed by atoms with E-state index < -0.39 is 18.0 Å². The Kier molecular flexibility index (Phi) is 4.86. The molecule has 1 aliphatic carbocycles. The number of hydrogen-bond acceptors (Lipinski definition) is 7. The van der Waals surface area contributed by atoms with E-state index in [0.717, 1.165) is 37.1 Å². The number of hydrogen-bond donors (Lipinski definition) is 1. The van der Waals surface area contributed by atoms with Gasteiger partial charge in [-0.15, -0.1) is 0 Å². The minimum Gasteiger partial charge on any atom is -0.377 e. The molecule has 1 saturated carbocycles. The highest BCUT2D eigenvalue weighted by Crippen LogP contribution is 2.42. The molecule has 4 amide bonds. The smallest absolute Gasteiger partial charge is 0.276 e. The normalized spacial score (nSPS) is 28.9. The Morgan fingerprint density at radius 3 is 1.56 bits per heavy atom. The third kappa shape index (κ3) is 2.87. The van der Waals surface area contributed by atoms with E-state index in [9.17, 15) is 24.3 Å². The number of hydrazine groups is 2. The summed E-state index contributed by atoms with van der Waals surface area (Å²) in [6.45, 7) is 1.06. The number of benzene rings is 2. The van der Waals surface area contributed by atoms with Gasteiger partial charge in [-0.2, -0.15) is 10.0 Å². The van der Waals surface area contributed by atoms with Crippen LogP contribution in [0.15, 0.2) is 24.3 Å². The number of fused-ring (bicyclic) bond motifs is 1. The first kappa shape index (κ1) is 22.1. The lowest BCUT2D eigenvalue weighted by molar-refractivity contribution is -0.0741. The SMILES string of the molecule is O=C1c2ccc3c4c(ccc(c24)C(=O)N1N1CCCC1O)C(=O)N(N1CCCC2CCCCC21)C3=O. The van der Waals surface area contributed by atoms with Gasteiger partial charge in [0.05, 0.1) is 22.3 Å². The molecule has 2 saturated heterocycles. The topological polar surface area (TPSA) is 101 Å². The molecule has 0 bridgehead atoms. The molecule has 3 atom stereocenters. The number of piperidine rings is 1. The third-order valence-corrected chi connectivity index (χ3v) is 8.77. The summed E-state index contributed by atoms with van der Waals surface area (Å²) in [5.74, 6) is -1.37. The van der Waals surface area contributed by atoms with Gasteiger partial charge in [0.1, 0.15) is 6.23 Å². The molecule has 5 aliphatic rings. The maximum Gasteiger partial charge on any atom is 0.276 e. The summed E-state index contributed by atoms with van der Waals surface area (Å²) in [6, 6.07) is 6.57.